The van der Waals surface area contributed by atoms with Crippen LogP contribution in [0.2, 0.25) is 5.15 Å². The van der Waals surface area contributed by atoms with Crippen LogP contribution in [0.1, 0.15) is 51.4 Å². The number of nitrogens with zero attached hydrogens (tertiary/aromatic N) is 2. The molecule has 3 unspecified atom stereocenters. The zero-order valence-electron chi connectivity index (χ0n) is 12.5. The van der Waals surface area contributed by atoms with Gasteiger partial charge in [0.05, 0.1) is 18.2 Å². The summed E-state index contributed by atoms with van der Waals surface area (Å²) in [4.78, 5) is 9.10. The molecule has 2 aliphatic heterocycles. The fourth-order valence-corrected chi connectivity index (χ4v) is 3.10. The predicted octanol–water partition coefficient (Wildman–Crippen LogP) is 3.47. The number of rotatable bonds is 2. The number of halogens is 1. The Kier molecular flexibility index (Phi) is 3.41. The molecule has 110 valence electrons. The van der Waals surface area contributed by atoms with E-state index in [4.69, 9.17) is 16.3 Å². The van der Waals surface area contributed by atoms with E-state index in [-0.39, 0.29) is 5.41 Å². The molecule has 0 spiro atoms. The van der Waals surface area contributed by atoms with E-state index in [0.29, 0.717) is 23.4 Å². The normalized spacial score (nSPS) is 28.9. The Balaban J connectivity index is 1.87. The second kappa shape index (κ2) is 4.85. The molecule has 2 saturated heterocycles. The van der Waals surface area contributed by atoms with E-state index in [9.17, 15) is 0 Å². The SMILES string of the molecule is Cc1c(Cl)nc(C(C)(C)C)nc1NC1CC2CCC1O2. The van der Waals surface area contributed by atoms with Crippen molar-refractivity contribution in [1.82, 2.24) is 9.97 Å². The van der Waals surface area contributed by atoms with Crippen LogP contribution in [-0.2, 0) is 10.2 Å². The molecule has 0 amide bonds. The Morgan fingerprint density at radius 1 is 1.25 bits per heavy atom. The number of hydrogen-bond donors (Lipinski definition) is 1. The summed E-state index contributed by atoms with van der Waals surface area (Å²) in [7, 11) is 0. The molecular weight excluding hydrogens is 274 g/mol. The number of hydrogen-bond acceptors (Lipinski definition) is 4. The minimum atomic E-state index is -0.112. The summed E-state index contributed by atoms with van der Waals surface area (Å²) >= 11 is 6.27. The summed E-state index contributed by atoms with van der Waals surface area (Å²) in [5, 5.41) is 4.07. The zero-order valence-corrected chi connectivity index (χ0v) is 13.3. The van der Waals surface area contributed by atoms with Gasteiger partial charge in [0, 0.05) is 11.0 Å². The highest BCUT2D eigenvalue weighted by Crippen LogP contribution is 2.36. The minimum absolute atomic E-state index is 0.112. The second-order valence-electron chi connectivity index (χ2n) is 6.92. The van der Waals surface area contributed by atoms with Gasteiger partial charge in [-0.05, 0) is 26.2 Å². The molecule has 5 heteroatoms. The molecule has 3 heterocycles. The molecule has 0 radical (unpaired) electrons. The molecule has 2 fully saturated rings. The first-order chi connectivity index (χ1) is 9.34. The number of ether oxygens (including phenoxy) is 1. The van der Waals surface area contributed by atoms with Gasteiger partial charge in [0.25, 0.3) is 0 Å². The third-order valence-electron chi connectivity index (χ3n) is 4.19. The van der Waals surface area contributed by atoms with E-state index >= 15 is 0 Å². The van der Waals surface area contributed by atoms with Gasteiger partial charge in [-0.25, -0.2) is 9.97 Å². The second-order valence-corrected chi connectivity index (χ2v) is 7.28. The van der Waals surface area contributed by atoms with Gasteiger partial charge in [-0.1, -0.05) is 32.4 Å². The fourth-order valence-electron chi connectivity index (χ4n) is 2.93. The summed E-state index contributed by atoms with van der Waals surface area (Å²) in [5.74, 6) is 1.63. The number of aromatic nitrogens is 2. The molecule has 4 nitrogen and oxygen atoms in total. The van der Waals surface area contributed by atoms with Gasteiger partial charge in [-0.2, -0.15) is 0 Å². The van der Waals surface area contributed by atoms with Crippen LogP contribution in [0.15, 0.2) is 0 Å². The Morgan fingerprint density at radius 3 is 2.55 bits per heavy atom. The Labute approximate surface area is 125 Å². The van der Waals surface area contributed by atoms with E-state index in [1.807, 2.05) is 6.92 Å². The van der Waals surface area contributed by atoms with Crippen molar-refractivity contribution < 1.29 is 4.74 Å². The molecule has 0 saturated carbocycles. The van der Waals surface area contributed by atoms with Gasteiger partial charge in [0.1, 0.15) is 16.8 Å². The standard InChI is InChI=1S/C15H22ClN3O/c1-8-12(16)18-14(15(2,3)4)19-13(8)17-10-7-9-5-6-11(10)20-9/h9-11H,5-7H2,1-4H3,(H,17,18,19). The number of fused-ring (bicyclic) bond motifs is 2. The molecule has 20 heavy (non-hydrogen) atoms. The highest BCUT2D eigenvalue weighted by molar-refractivity contribution is 6.30. The third kappa shape index (κ3) is 2.51. The number of anilines is 1. The van der Waals surface area contributed by atoms with Gasteiger partial charge < -0.3 is 10.1 Å². The summed E-state index contributed by atoms with van der Waals surface area (Å²) in [6, 6.07) is 0.353. The summed E-state index contributed by atoms with van der Waals surface area (Å²) < 4.78 is 5.89. The molecule has 2 aliphatic rings. The van der Waals surface area contributed by atoms with Crippen LogP contribution in [-0.4, -0.2) is 28.2 Å². The summed E-state index contributed by atoms with van der Waals surface area (Å²) in [5.41, 5.74) is 0.807. The first-order valence-electron chi connectivity index (χ1n) is 7.31. The van der Waals surface area contributed by atoms with Crippen molar-refractivity contribution in [3.63, 3.8) is 0 Å². The van der Waals surface area contributed by atoms with Crippen molar-refractivity contribution >= 4 is 17.4 Å². The molecule has 3 atom stereocenters. The lowest BCUT2D eigenvalue weighted by molar-refractivity contribution is 0.102. The van der Waals surface area contributed by atoms with Crippen molar-refractivity contribution in [2.24, 2.45) is 0 Å². The largest absolute Gasteiger partial charge is 0.373 e. The smallest absolute Gasteiger partial charge is 0.137 e. The monoisotopic (exact) mass is 295 g/mol. The van der Waals surface area contributed by atoms with Crippen LogP contribution >= 0.6 is 11.6 Å². The topological polar surface area (TPSA) is 47.0 Å². The zero-order chi connectivity index (χ0) is 14.5. The average molecular weight is 296 g/mol. The molecule has 3 rings (SSSR count). The van der Waals surface area contributed by atoms with Gasteiger partial charge in [-0.3, -0.25) is 0 Å². The van der Waals surface area contributed by atoms with E-state index in [1.54, 1.807) is 0 Å². The quantitative estimate of drug-likeness (QED) is 0.849. The molecular formula is C15H22ClN3O. The summed E-state index contributed by atoms with van der Waals surface area (Å²) in [6.45, 7) is 8.25. The van der Waals surface area contributed by atoms with E-state index in [1.165, 1.54) is 6.42 Å². The highest BCUT2D eigenvalue weighted by atomic mass is 35.5. The van der Waals surface area contributed by atoms with Crippen molar-refractivity contribution in [1.29, 1.82) is 0 Å². The van der Waals surface area contributed by atoms with Crippen LogP contribution in [0.3, 0.4) is 0 Å². The maximum Gasteiger partial charge on any atom is 0.137 e. The van der Waals surface area contributed by atoms with Crippen molar-refractivity contribution in [2.75, 3.05) is 5.32 Å². The predicted molar refractivity (Wildman–Crippen MR) is 80.4 cm³/mol. The van der Waals surface area contributed by atoms with Gasteiger partial charge in [0.15, 0.2) is 0 Å². The van der Waals surface area contributed by atoms with Crippen LogP contribution in [0.4, 0.5) is 5.82 Å². The van der Waals surface area contributed by atoms with Crippen LogP contribution < -0.4 is 5.32 Å². The van der Waals surface area contributed by atoms with Gasteiger partial charge in [0.2, 0.25) is 0 Å². The van der Waals surface area contributed by atoms with Crippen LogP contribution in [0.25, 0.3) is 0 Å². The lowest BCUT2D eigenvalue weighted by Crippen LogP contribution is -2.31. The van der Waals surface area contributed by atoms with E-state index < -0.39 is 0 Å². The minimum Gasteiger partial charge on any atom is -0.373 e. The molecule has 2 bridgehead atoms. The van der Waals surface area contributed by atoms with E-state index in [0.717, 1.165) is 30.0 Å². The lowest BCUT2D eigenvalue weighted by Gasteiger charge is -2.24. The van der Waals surface area contributed by atoms with Gasteiger partial charge in [-0.15, -0.1) is 0 Å². The average Bonchev–Trinajstić information content (AvgIpc) is 2.95. The summed E-state index contributed by atoms with van der Waals surface area (Å²) in [6.07, 6.45) is 4.16. The molecule has 0 aliphatic carbocycles. The van der Waals surface area contributed by atoms with Crippen LogP contribution in [0.5, 0.6) is 0 Å². The molecule has 0 aromatic carbocycles. The van der Waals surface area contributed by atoms with Gasteiger partial charge >= 0.3 is 0 Å². The first-order valence-corrected chi connectivity index (χ1v) is 7.69. The van der Waals surface area contributed by atoms with E-state index in [2.05, 4.69) is 36.1 Å². The molecule has 1 aromatic heterocycles. The maximum absolute atomic E-state index is 6.27. The Hall–Kier alpha value is -0.870. The highest BCUT2D eigenvalue weighted by Gasteiger charge is 2.41. The molecule has 1 aromatic rings. The molecule has 1 N–H and O–H groups in total. The maximum atomic E-state index is 6.27. The van der Waals surface area contributed by atoms with Crippen LogP contribution in [0, 0.1) is 6.92 Å². The van der Waals surface area contributed by atoms with Crippen molar-refractivity contribution in [3.8, 4) is 0 Å². The third-order valence-corrected chi connectivity index (χ3v) is 4.55. The fraction of sp³-hybridized carbons (Fsp3) is 0.733. The van der Waals surface area contributed by atoms with Crippen molar-refractivity contribution in [3.05, 3.63) is 16.5 Å². The lowest BCUT2D eigenvalue weighted by atomic mass is 9.95. The number of nitrogens with one attached hydrogen (secondary N) is 1. The Bertz CT molecular complexity index is 527. The van der Waals surface area contributed by atoms with Crippen molar-refractivity contribution in [2.45, 2.75) is 70.6 Å². The Morgan fingerprint density at radius 2 is 2.00 bits per heavy atom. The first kappa shape index (κ1) is 14.1.